The molecule has 1 saturated carbocycles. The first-order valence-electron chi connectivity index (χ1n) is 7.99. The number of hydrogen-bond acceptors (Lipinski definition) is 2. The molecule has 3 atom stereocenters. The van der Waals surface area contributed by atoms with Crippen LogP contribution >= 0.6 is 12.4 Å². The number of nitrogens with one attached hydrogen (secondary N) is 2. The molecule has 3 nitrogen and oxygen atoms in total. The fourth-order valence-electron chi connectivity index (χ4n) is 3.72. The van der Waals surface area contributed by atoms with Crippen LogP contribution in [0, 0.1) is 17.3 Å². The largest absolute Gasteiger partial charge is 0.353 e. The van der Waals surface area contributed by atoms with Crippen molar-refractivity contribution in [3.05, 3.63) is 0 Å². The first-order chi connectivity index (χ1) is 8.98. The summed E-state index contributed by atoms with van der Waals surface area (Å²) in [6.07, 6.45) is 7.18. The third-order valence-electron chi connectivity index (χ3n) is 4.87. The van der Waals surface area contributed by atoms with E-state index in [1.54, 1.807) is 0 Å². The molecule has 1 saturated heterocycles. The molecular formula is C16H31ClN2O. The van der Waals surface area contributed by atoms with Gasteiger partial charge in [-0.3, -0.25) is 4.79 Å². The molecule has 4 heteroatoms. The smallest absolute Gasteiger partial charge is 0.224 e. The maximum absolute atomic E-state index is 12.4. The number of carbonyl (C=O) groups is 1. The molecule has 0 radical (unpaired) electrons. The number of piperidine rings is 1. The van der Waals surface area contributed by atoms with Crippen molar-refractivity contribution in [2.24, 2.45) is 17.3 Å². The number of halogens is 1. The van der Waals surface area contributed by atoms with Gasteiger partial charge in [-0.25, -0.2) is 0 Å². The van der Waals surface area contributed by atoms with Gasteiger partial charge in [0.2, 0.25) is 5.91 Å². The summed E-state index contributed by atoms with van der Waals surface area (Å²) in [4.78, 5) is 12.4. The highest BCUT2D eigenvalue weighted by molar-refractivity contribution is 5.85. The van der Waals surface area contributed by atoms with E-state index >= 15 is 0 Å². The molecule has 3 unspecified atom stereocenters. The predicted molar refractivity (Wildman–Crippen MR) is 86.2 cm³/mol. The predicted octanol–water partition coefficient (Wildman–Crippen LogP) is 3.13. The van der Waals surface area contributed by atoms with E-state index in [1.165, 1.54) is 19.3 Å². The van der Waals surface area contributed by atoms with Crippen LogP contribution in [-0.2, 0) is 4.79 Å². The van der Waals surface area contributed by atoms with Crippen molar-refractivity contribution in [1.29, 1.82) is 0 Å². The van der Waals surface area contributed by atoms with Crippen LogP contribution in [0.2, 0.25) is 0 Å². The molecular weight excluding hydrogens is 272 g/mol. The Labute approximate surface area is 130 Å². The summed E-state index contributed by atoms with van der Waals surface area (Å²) in [7, 11) is 0. The van der Waals surface area contributed by atoms with Crippen molar-refractivity contribution in [2.75, 3.05) is 13.1 Å². The van der Waals surface area contributed by atoms with Crippen LogP contribution in [0.3, 0.4) is 0 Å². The molecule has 20 heavy (non-hydrogen) atoms. The van der Waals surface area contributed by atoms with Gasteiger partial charge in [0, 0.05) is 12.6 Å². The third kappa shape index (κ3) is 4.63. The van der Waals surface area contributed by atoms with Crippen molar-refractivity contribution in [3.63, 3.8) is 0 Å². The Morgan fingerprint density at radius 1 is 1.10 bits per heavy atom. The minimum atomic E-state index is 0. The molecule has 118 valence electrons. The average molecular weight is 303 g/mol. The Morgan fingerprint density at radius 2 is 1.80 bits per heavy atom. The lowest BCUT2D eigenvalue weighted by molar-refractivity contribution is -0.127. The van der Waals surface area contributed by atoms with E-state index in [0.29, 0.717) is 17.4 Å². The summed E-state index contributed by atoms with van der Waals surface area (Å²) in [6.45, 7) is 8.86. The van der Waals surface area contributed by atoms with Gasteiger partial charge in [-0.2, -0.15) is 0 Å². The molecule has 2 aliphatic rings. The normalized spacial score (nSPS) is 31.2. The minimum absolute atomic E-state index is 0. The fraction of sp³-hybridized carbons (Fsp3) is 0.938. The van der Waals surface area contributed by atoms with Crippen molar-refractivity contribution in [1.82, 2.24) is 10.6 Å². The Bertz CT molecular complexity index is 308. The number of carbonyl (C=O) groups excluding carboxylic acids is 1. The van der Waals surface area contributed by atoms with Gasteiger partial charge in [0.1, 0.15) is 0 Å². The zero-order chi connectivity index (χ0) is 13.9. The van der Waals surface area contributed by atoms with E-state index in [2.05, 4.69) is 31.4 Å². The van der Waals surface area contributed by atoms with Crippen LogP contribution in [0.15, 0.2) is 0 Å². The Kier molecular flexibility index (Phi) is 6.80. The van der Waals surface area contributed by atoms with E-state index in [0.717, 1.165) is 32.4 Å². The van der Waals surface area contributed by atoms with Crippen LogP contribution in [0.5, 0.6) is 0 Å². The summed E-state index contributed by atoms with van der Waals surface area (Å²) < 4.78 is 0. The summed E-state index contributed by atoms with van der Waals surface area (Å²) >= 11 is 0. The van der Waals surface area contributed by atoms with Gasteiger partial charge in [0.25, 0.3) is 0 Å². The second-order valence-electron chi connectivity index (χ2n) is 7.42. The maximum atomic E-state index is 12.4. The lowest BCUT2D eigenvalue weighted by Gasteiger charge is -2.41. The Hall–Kier alpha value is -0.280. The molecule has 1 heterocycles. The maximum Gasteiger partial charge on any atom is 0.224 e. The molecule has 0 bridgehead atoms. The zero-order valence-electron chi connectivity index (χ0n) is 13.2. The summed E-state index contributed by atoms with van der Waals surface area (Å²) in [5.41, 5.74) is 0.295. The highest BCUT2D eigenvalue weighted by Gasteiger charge is 2.35. The van der Waals surface area contributed by atoms with E-state index < -0.39 is 0 Å². The zero-order valence-corrected chi connectivity index (χ0v) is 14.0. The molecule has 1 aliphatic carbocycles. The van der Waals surface area contributed by atoms with Gasteiger partial charge in [-0.1, -0.05) is 33.6 Å². The molecule has 2 rings (SSSR count). The van der Waals surface area contributed by atoms with Gasteiger partial charge in [0.05, 0.1) is 5.92 Å². The highest BCUT2D eigenvalue weighted by Crippen LogP contribution is 2.38. The second-order valence-corrected chi connectivity index (χ2v) is 7.42. The van der Waals surface area contributed by atoms with E-state index in [4.69, 9.17) is 0 Å². The molecule has 0 aromatic carbocycles. The van der Waals surface area contributed by atoms with E-state index in [-0.39, 0.29) is 24.2 Å². The highest BCUT2D eigenvalue weighted by atomic mass is 35.5. The van der Waals surface area contributed by atoms with Gasteiger partial charge in [-0.05, 0) is 43.6 Å². The van der Waals surface area contributed by atoms with Crippen molar-refractivity contribution in [3.8, 4) is 0 Å². The summed E-state index contributed by atoms with van der Waals surface area (Å²) in [5.74, 6) is 1.10. The van der Waals surface area contributed by atoms with Gasteiger partial charge in [0.15, 0.2) is 0 Å². The molecule has 0 aromatic heterocycles. The van der Waals surface area contributed by atoms with Gasteiger partial charge < -0.3 is 10.6 Å². The van der Waals surface area contributed by atoms with Gasteiger partial charge in [-0.15, -0.1) is 12.4 Å². The van der Waals surface area contributed by atoms with Crippen molar-refractivity contribution >= 4 is 18.3 Å². The van der Waals surface area contributed by atoms with Crippen LogP contribution in [-0.4, -0.2) is 25.0 Å². The van der Waals surface area contributed by atoms with E-state index in [1.807, 2.05) is 0 Å². The second kappa shape index (κ2) is 7.65. The minimum Gasteiger partial charge on any atom is -0.353 e. The summed E-state index contributed by atoms with van der Waals surface area (Å²) in [5, 5.41) is 6.70. The number of hydrogen-bond donors (Lipinski definition) is 2. The SMILES string of the molecule is CC(C)(C)C1CCCCC1NC(=O)C1CCCNC1.Cl. The molecule has 1 amide bonds. The Balaban J connectivity index is 0.00000200. The lowest BCUT2D eigenvalue weighted by Crippen LogP contribution is -2.50. The van der Waals surface area contributed by atoms with Crippen LogP contribution in [0.1, 0.15) is 59.3 Å². The molecule has 2 N–H and O–H groups in total. The summed E-state index contributed by atoms with van der Waals surface area (Å²) in [6, 6.07) is 0.392. The number of amides is 1. The monoisotopic (exact) mass is 302 g/mol. The van der Waals surface area contributed by atoms with Crippen LogP contribution in [0.25, 0.3) is 0 Å². The fourth-order valence-corrected chi connectivity index (χ4v) is 3.72. The van der Waals surface area contributed by atoms with Crippen molar-refractivity contribution < 1.29 is 4.79 Å². The molecule has 0 spiro atoms. The quantitative estimate of drug-likeness (QED) is 0.823. The standard InChI is InChI=1S/C16H30N2O.ClH/c1-16(2,3)13-8-4-5-9-14(13)18-15(19)12-7-6-10-17-11-12;/h12-14,17H,4-11H2,1-3H3,(H,18,19);1H. The molecule has 1 aliphatic heterocycles. The topological polar surface area (TPSA) is 41.1 Å². The number of rotatable bonds is 2. The van der Waals surface area contributed by atoms with Gasteiger partial charge >= 0.3 is 0 Å². The molecule has 0 aromatic rings. The van der Waals surface area contributed by atoms with Crippen LogP contribution < -0.4 is 10.6 Å². The first-order valence-corrected chi connectivity index (χ1v) is 7.99. The van der Waals surface area contributed by atoms with E-state index in [9.17, 15) is 4.79 Å². The Morgan fingerprint density at radius 3 is 2.40 bits per heavy atom. The third-order valence-corrected chi connectivity index (χ3v) is 4.87. The van der Waals surface area contributed by atoms with Crippen LogP contribution in [0.4, 0.5) is 0 Å². The first kappa shape index (κ1) is 17.8. The van der Waals surface area contributed by atoms with Crippen molar-refractivity contribution in [2.45, 2.75) is 65.3 Å². The average Bonchev–Trinajstić information content (AvgIpc) is 2.39. The molecule has 2 fully saturated rings. The lowest BCUT2D eigenvalue weighted by atomic mass is 9.69.